The van der Waals surface area contributed by atoms with Crippen molar-refractivity contribution in [3.05, 3.63) is 63.9 Å². The zero-order valence-electron chi connectivity index (χ0n) is 14.9. The zero-order chi connectivity index (χ0) is 20.3. The second-order valence-electron chi connectivity index (χ2n) is 6.57. The first-order chi connectivity index (χ1) is 13.3. The van der Waals surface area contributed by atoms with Crippen molar-refractivity contribution in [2.45, 2.75) is 24.3 Å². The van der Waals surface area contributed by atoms with Gasteiger partial charge in [0.2, 0.25) is 15.9 Å². The molecule has 3 rings (SSSR count). The van der Waals surface area contributed by atoms with Crippen LogP contribution < -0.4 is 5.32 Å². The summed E-state index contributed by atoms with van der Waals surface area (Å²) in [6, 6.07) is 10.4. The summed E-state index contributed by atoms with van der Waals surface area (Å²) < 4.78 is 39.9. The molecule has 0 atom stereocenters. The number of hydrogen-bond donors (Lipinski definition) is 1. The van der Waals surface area contributed by atoms with Crippen LogP contribution in [0.1, 0.15) is 18.4 Å². The fraction of sp³-hybridized carbons (Fsp3) is 0.316. The highest BCUT2D eigenvalue weighted by atomic mass is 35.5. The summed E-state index contributed by atoms with van der Waals surface area (Å²) in [5.74, 6) is -0.743. The molecule has 1 amide bonds. The summed E-state index contributed by atoms with van der Waals surface area (Å²) in [6.45, 7) is 0.745. The van der Waals surface area contributed by atoms with E-state index in [9.17, 15) is 17.6 Å². The van der Waals surface area contributed by atoms with Gasteiger partial charge in [0.15, 0.2) is 0 Å². The number of sulfonamides is 1. The number of benzene rings is 2. The van der Waals surface area contributed by atoms with Gasteiger partial charge in [0, 0.05) is 25.6 Å². The number of halogens is 3. The van der Waals surface area contributed by atoms with E-state index in [0.29, 0.717) is 19.4 Å². The van der Waals surface area contributed by atoms with E-state index in [4.69, 9.17) is 23.2 Å². The van der Waals surface area contributed by atoms with Crippen LogP contribution in [0.25, 0.3) is 0 Å². The molecule has 0 aromatic heterocycles. The zero-order valence-corrected chi connectivity index (χ0v) is 17.2. The summed E-state index contributed by atoms with van der Waals surface area (Å²) in [5.41, 5.74) is 0.797. The third-order valence-electron chi connectivity index (χ3n) is 4.74. The number of nitrogens with one attached hydrogen (secondary N) is 1. The molecule has 1 N–H and O–H groups in total. The predicted molar refractivity (Wildman–Crippen MR) is 106 cm³/mol. The molecular weight excluding hydrogens is 426 g/mol. The lowest BCUT2D eigenvalue weighted by atomic mass is 9.97. The van der Waals surface area contributed by atoms with Gasteiger partial charge in [-0.1, -0.05) is 41.4 Å². The number of nitrogens with zero attached hydrogens (tertiary/aromatic N) is 1. The quantitative estimate of drug-likeness (QED) is 0.761. The molecule has 0 spiro atoms. The molecule has 2 aromatic carbocycles. The lowest BCUT2D eigenvalue weighted by molar-refractivity contribution is -0.126. The lowest BCUT2D eigenvalue weighted by Crippen LogP contribution is -2.42. The molecule has 1 aliphatic rings. The highest BCUT2D eigenvalue weighted by Crippen LogP contribution is 2.32. The van der Waals surface area contributed by atoms with E-state index >= 15 is 0 Å². The van der Waals surface area contributed by atoms with Crippen molar-refractivity contribution in [2.24, 2.45) is 5.92 Å². The van der Waals surface area contributed by atoms with Crippen LogP contribution in [0.2, 0.25) is 10.0 Å². The van der Waals surface area contributed by atoms with E-state index in [1.165, 1.54) is 34.6 Å². The van der Waals surface area contributed by atoms with Gasteiger partial charge < -0.3 is 5.32 Å². The maximum atomic E-state index is 12.9. The first-order valence-electron chi connectivity index (χ1n) is 8.75. The third kappa shape index (κ3) is 4.66. The Labute approximate surface area is 173 Å². The Morgan fingerprint density at radius 1 is 1.11 bits per heavy atom. The molecule has 5 nitrogen and oxygen atoms in total. The smallest absolute Gasteiger partial charge is 0.244 e. The van der Waals surface area contributed by atoms with E-state index in [0.717, 1.165) is 5.56 Å². The van der Waals surface area contributed by atoms with Crippen LogP contribution in [-0.4, -0.2) is 31.7 Å². The molecule has 150 valence electrons. The SMILES string of the molecule is O=C(NCc1ccc(F)cc1)C1CCN(S(=O)(=O)c2cccc(Cl)c2Cl)CC1. The van der Waals surface area contributed by atoms with Crippen molar-refractivity contribution in [2.75, 3.05) is 13.1 Å². The van der Waals surface area contributed by atoms with Crippen LogP contribution in [0.3, 0.4) is 0 Å². The van der Waals surface area contributed by atoms with Gasteiger partial charge in [-0.3, -0.25) is 4.79 Å². The number of hydrogen-bond acceptors (Lipinski definition) is 3. The molecule has 0 aliphatic carbocycles. The summed E-state index contributed by atoms with van der Waals surface area (Å²) in [7, 11) is -3.77. The molecule has 1 aliphatic heterocycles. The van der Waals surface area contributed by atoms with Gasteiger partial charge in [-0.15, -0.1) is 0 Å². The maximum Gasteiger partial charge on any atom is 0.244 e. The second-order valence-corrected chi connectivity index (χ2v) is 9.27. The Kier molecular flexibility index (Phi) is 6.60. The fourth-order valence-electron chi connectivity index (χ4n) is 3.12. The van der Waals surface area contributed by atoms with Crippen molar-refractivity contribution in [1.82, 2.24) is 9.62 Å². The van der Waals surface area contributed by atoms with E-state index in [1.54, 1.807) is 12.1 Å². The molecular formula is C19H19Cl2FN2O3S. The fourth-order valence-corrected chi connectivity index (χ4v) is 5.32. The van der Waals surface area contributed by atoms with Crippen LogP contribution in [0.15, 0.2) is 47.4 Å². The van der Waals surface area contributed by atoms with E-state index < -0.39 is 10.0 Å². The molecule has 0 bridgehead atoms. The average molecular weight is 445 g/mol. The van der Waals surface area contributed by atoms with Gasteiger partial charge in [-0.25, -0.2) is 12.8 Å². The van der Waals surface area contributed by atoms with Crippen molar-refractivity contribution in [3.63, 3.8) is 0 Å². The van der Waals surface area contributed by atoms with E-state index in [-0.39, 0.29) is 45.7 Å². The van der Waals surface area contributed by atoms with Gasteiger partial charge in [0.05, 0.1) is 10.0 Å². The predicted octanol–water partition coefficient (Wildman–Crippen LogP) is 3.85. The largest absolute Gasteiger partial charge is 0.352 e. The molecule has 0 radical (unpaired) electrons. The first kappa shape index (κ1) is 21.0. The minimum absolute atomic E-state index is 0.00308. The highest BCUT2D eigenvalue weighted by molar-refractivity contribution is 7.89. The number of carbonyl (C=O) groups excluding carboxylic acids is 1. The number of carbonyl (C=O) groups is 1. The standard InChI is InChI=1S/C19H19Cl2FN2O3S/c20-16-2-1-3-17(18(16)21)28(26,27)24-10-8-14(9-11-24)19(25)23-12-13-4-6-15(22)7-5-13/h1-7,14H,8-12H2,(H,23,25). The topological polar surface area (TPSA) is 66.5 Å². The Hall–Kier alpha value is -1.67. The molecule has 1 saturated heterocycles. The minimum atomic E-state index is -3.77. The Bertz CT molecular complexity index is 960. The van der Waals surface area contributed by atoms with Gasteiger partial charge in [0.1, 0.15) is 10.7 Å². The highest BCUT2D eigenvalue weighted by Gasteiger charge is 2.33. The van der Waals surface area contributed by atoms with Gasteiger partial charge in [0.25, 0.3) is 0 Å². The van der Waals surface area contributed by atoms with E-state index in [1.807, 2.05) is 0 Å². The Morgan fingerprint density at radius 2 is 1.75 bits per heavy atom. The van der Waals surface area contributed by atoms with Crippen LogP contribution in [0.5, 0.6) is 0 Å². The average Bonchev–Trinajstić information content (AvgIpc) is 2.69. The summed E-state index contributed by atoms with van der Waals surface area (Å²) in [4.78, 5) is 12.3. The molecule has 0 saturated carbocycles. The molecule has 2 aromatic rings. The minimum Gasteiger partial charge on any atom is -0.352 e. The van der Waals surface area contributed by atoms with Gasteiger partial charge in [-0.05, 0) is 42.7 Å². The monoisotopic (exact) mass is 444 g/mol. The first-order valence-corrected chi connectivity index (χ1v) is 10.9. The molecule has 28 heavy (non-hydrogen) atoms. The second kappa shape index (κ2) is 8.78. The van der Waals surface area contributed by atoms with Crippen LogP contribution in [-0.2, 0) is 21.4 Å². The lowest BCUT2D eigenvalue weighted by Gasteiger charge is -2.30. The number of amides is 1. The summed E-state index contributed by atoms with van der Waals surface area (Å²) in [6.07, 6.45) is 0.819. The summed E-state index contributed by atoms with van der Waals surface area (Å²) in [5, 5.41) is 3.00. The Balaban J connectivity index is 1.58. The normalized spacial score (nSPS) is 16.1. The molecule has 0 unspecified atom stereocenters. The van der Waals surface area contributed by atoms with Crippen molar-refractivity contribution in [3.8, 4) is 0 Å². The van der Waals surface area contributed by atoms with Gasteiger partial charge in [-0.2, -0.15) is 4.31 Å². The van der Waals surface area contributed by atoms with Crippen LogP contribution >= 0.6 is 23.2 Å². The molecule has 9 heteroatoms. The number of rotatable bonds is 5. The Morgan fingerprint density at radius 3 is 2.39 bits per heavy atom. The summed E-state index contributed by atoms with van der Waals surface area (Å²) >= 11 is 12.0. The van der Waals surface area contributed by atoms with Crippen LogP contribution in [0.4, 0.5) is 4.39 Å². The third-order valence-corrected chi connectivity index (χ3v) is 7.61. The van der Waals surface area contributed by atoms with Crippen LogP contribution in [0, 0.1) is 11.7 Å². The van der Waals surface area contributed by atoms with Gasteiger partial charge >= 0.3 is 0 Å². The molecule has 1 heterocycles. The van der Waals surface area contributed by atoms with Crippen molar-refractivity contribution in [1.29, 1.82) is 0 Å². The van der Waals surface area contributed by atoms with Crippen molar-refractivity contribution >= 4 is 39.1 Å². The van der Waals surface area contributed by atoms with E-state index in [2.05, 4.69) is 5.32 Å². The molecule has 1 fully saturated rings. The van der Waals surface area contributed by atoms with Crippen molar-refractivity contribution < 1.29 is 17.6 Å². The maximum absolute atomic E-state index is 12.9. The number of piperidine rings is 1.